The van der Waals surface area contributed by atoms with E-state index in [2.05, 4.69) is 69.4 Å². The highest BCUT2D eigenvalue weighted by Crippen LogP contribution is 2.26. The molecule has 6 unspecified atom stereocenters. The predicted molar refractivity (Wildman–Crippen MR) is 276 cm³/mol. The molecule has 0 bridgehead atoms. The van der Waals surface area contributed by atoms with Crippen molar-refractivity contribution in [3.05, 3.63) is 48.6 Å². The molecule has 69 heavy (non-hydrogen) atoms. The Morgan fingerprint density at radius 3 is 1.39 bits per heavy atom. The van der Waals surface area contributed by atoms with E-state index in [1.807, 2.05) is 0 Å². The number of hydrogen-bond donors (Lipinski definition) is 3. The van der Waals surface area contributed by atoms with Crippen molar-refractivity contribution in [2.75, 3.05) is 13.2 Å². The predicted octanol–water partition coefficient (Wildman–Crippen LogP) is 13.4. The number of carboxylic acid groups (broad SMARTS) is 1. The van der Waals surface area contributed by atoms with Crippen LogP contribution >= 0.6 is 0 Å². The Labute approximate surface area is 418 Å². The molecule has 1 saturated heterocycles. The molecule has 1 aliphatic heterocycles. The van der Waals surface area contributed by atoms with Gasteiger partial charge in [-0.15, -0.1) is 0 Å². The molecule has 3 N–H and O–H groups in total. The molecule has 0 aliphatic carbocycles. The Hall–Kier alpha value is -3.32. The quantitative estimate of drug-likeness (QED) is 0.0228. The minimum Gasteiger partial charge on any atom is -0.479 e. The van der Waals surface area contributed by atoms with Crippen molar-refractivity contribution in [3.8, 4) is 0 Å². The van der Waals surface area contributed by atoms with E-state index in [9.17, 15) is 34.5 Å². The third kappa shape index (κ3) is 36.3. The summed E-state index contributed by atoms with van der Waals surface area (Å²) in [7, 11) is 0. The van der Waals surface area contributed by atoms with Crippen molar-refractivity contribution < 1.29 is 58.2 Å². The number of aliphatic hydroxyl groups excluding tert-OH is 2. The molecule has 1 rings (SSSR count). The maximum Gasteiger partial charge on any atom is 0.335 e. The highest BCUT2D eigenvalue weighted by molar-refractivity contribution is 5.74. The molecule has 12 heteroatoms. The van der Waals surface area contributed by atoms with E-state index in [0.29, 0.717) is 19.3 Å². The minimum absolute atomic E-state index is 0.0434. The third-order valence-electron chi connectivity index (χ3n) is 12.3. The Kier molecular flexibility index (Phi) is 42.3. The van der Waals surface area contributed by atoms with Gasteiger partial charge in [-0.05, 0) is 96.3 Å². The van der Waals surface area contributed by atoms with Crippen molar-refractivity contribution in [1.29, 1.82) is 0 Å². The normalized spacial score (nSPS) is 19.0. The fraction of sp³-hybridized carbons (Fsp3) is 0.789. The van der Waals surface area contributed by atoms with Crippen molar-refractivity contribution >= 4 is 23.9 Å². The zero-order chi connectivity index (χ0) is 50.4. The second-order valence-corrected chi connectivity index (χ2v) is 18.9. The topological polar surface area (TPSA) is 175 Å². The maximum absolute atomic E-state index is 13.1. The van der Waals surface area contributed by atoms with E-state index in [0.717, 1.165) is 122 Å². The van der Waals surface area contributed by atoms with Crippen LogP contribution in [0.25, 0.3) is 0 Å². The van der Waals surface area contributed by atoms with Gasteiger partial charge in [0.05, 0.1) is 6.61 Å². The van der Waals surface area contributed by atoms with Crippen LogP contribution in [-0.4, -0.2) is 89.2 Å². The number of carbonyl (C=O) groups is 4. The number of unbranched alkanes of at least 4 members (excludes halogenated alkanes) is 24. The number of carbonyl (C=O) groups excluding carboxylic acids is 3. The van der Waals surface area contributed by atoms with Gasteiger partial charge in [-0.1, -0.05) is 172 Å². The van der Waals surface area contributed by atoms with Gasteiger partial charge in [0.1, 0.15) is 18.8 Å². The Bertz CT molecular complexity index is 1390. The average Bonchev–Trinajstić information content (AvgIpc) is 3.33. The molecule has 398 valence electrons. The summed E-state index contributed by atoms with van der Waals surface area (Å²) < 4.78 is 28.3. The van der Waals surface area contributed by atoms with Crippen molar-refractivity contribution in [3.63, 3.8) is 0 Å². The van der Waals surface area contributed by atoms with Gasteiger partial charge in [0, 0.05) is 19.3 Å². The first-order valence-electron chi connectivity index (χ1n) is 27.6. The Morgan fingerprint density at radius 1 is 0.478 bits per heavy atom. The number of hydrogen-bond acceptors (Lipinski definition) is 11. The van der Waals surface area contributed by atoms with E-state index in [1.54, 1.807) is 0 Å². The zero-order valence-corrected chi connectivity index (χ0v) is 43.6. The monoisotopic (exact) mass is 975 g/mol. The van der Waals surface area contributed by atoms with Crippen LogP contribution in [0.1, 0.15) is 239 Å². The lowest BCUT2D eigenvalue weighted by atomic mass is 9.98. The van der Waals surface area contributed by atoms with Gasteiger partial charge in [0.25, 0.3) is 0 Å². The lowest BCUT2D eigenvalue weighted by molar-refractivity contribution is -0.301. The molecule has 0 radical (unpaired) electrons. The summed E-state index contributed by atoms with van der Waals surface area (Å²) >= 11 is 0. The van der Waals surface area contributed by atoms with E-state index in [4.69, 9.17) is 23.7 Å². The second-order valence-electron chi connectivity index (χ2n) is 18.9. The Balaban J connectivity index is 2.72. The number of aliphatic hydroxyl groups is 2. The Morgan fingerprint density at radius 2 is 0.884 bits per heavy atom. The number of carboxylic acids is 1. The van der Waals surface area contributed by atoms with Gasteiger partial charge >= 0.3 is 23.9 Å². The van der Waals surface area contributed by atoms with Gasteiger partial charge in [-0.2, -0.15) is 0 Å². The molecule has 0 saturated carbocycles. The SMILES string of the molecule is CCCC/C=C\CCCCCCCC(=O)OC(COC(=O)CCCCCCC/C=C\CCCCCC)COC1OC(C(=O)O)C(O)C(O)C1OC(=O)CCCCCCC/C=C\C/C=C\CCCCC. The minimum atomic E-state index is -1.91. The van der Waals surface area contributed by atoms with Crippen molar-refractivity contribution in [2.24, 2.45) is 0 Å². The number of ether oxygens (including phenoxy) is 5. The average molecular weight is 975 g/mol. The van der Waals surface area contributed by atoms with Gasteiger partial charge in [0.2, 0.25) is 0 Å². The van der Waals surface area contributed by atoms with Crippen molar-refractivity contribution in [2.45, 2.75) is 276 Å². The summed E-state index contributed by atoms with van der Waals surface area (Å²) in [5, 5.41) is 31.4. The molecular weight excluding hydrogens is 877 g/mol. The van der Waals surface area contributed by atoms with Crippen molar-refractivity contribution in [1.82, 2.24) is 0 Å². The highest BCUT2D eigenvalue weighted by atomic mass is 16.7. The summed E-state index contributed by atoms with van der Waals surface area (Å²) in [6, 6.07) is 0. The highest BCUT2D eigenvalue weighted by Gasteiger charge is 2.50. The molecule has 1 aliphatic rings. The molecule has 6 atom stereocenters. The first kappa shape index (κ1) is 63.7. The largest absolute Gasteiger partial charge is 0.479 e. The summed E-state index contributed by atoms with van der Waals surface area (Å²) in [4.78, 5) is 50.9. The van der Waals surface area contributed by atoms with Crippen LogP contribution in [0.4, 0.5) is 0 Å². The zero-order valence-electron chi connectivity index (χ0n) is 43.6. The van der Waals surface area contributed by atoms with Gasteiger partial charge < -0.3 is 39.0 Å². The molecule has 0 amide bonds. The molecule has 1 heterocycles. The molecular formula is C57H98O12. The second kappa shape index (κ2) is 45.8. The molecule has 12 nitrogen and oxygen atoms in total. The summed E-state index contributed by atoms with van der Waals surface area (Å²) in [5.41, 5.74) is 0. The van der Waals surface area contributed by atoms with Gasteiger partial charge in [-0.25, -0.2) is 4.79 Å². The van der Waals surface area contributed by atoms with Crippen LogP contribution in [0.2, 0.25) is 0 Å². The van der Waals surface area contributed by atoms with E-state index < -0.39 is 67.3 Å². The standard InChI is InChI=1S/C57H98O12/c1-4-7-10-13-16-19-22-24-25-27-30-33-36-39-42-45-51(60)68-55-53(62)52(61)54(56(63)64)69-57(55)66-47-48(67-50(59)44-41-38-35-32-28-21-18-15-12-9-6-3)46-65-49(58)43-40-37-34-31-29-26-23-20-17-14-11-8-5-2/h15-16,18-20,23-25,48,52-55,57,61-62H,4-14,17,21-22,26-47H2,1-3H3,(H,63,64)/b18-15-,19-16-,23-20-,25-24-. The molecule has 0 aromatic carbocycles. The summed E-state index contributed by atoms with van der Waals surface area (Å²) in [5.74, 6) is -3.15. The maximum atomic E-state index is 13.1. The lowest BCUT2D eigenvalue weighted by Gasteiger charge is -2.40. The summed E-state index contributed by atoms with van der Waals surface area (Å²) in [6.45, 7) is 5.88. The van der Waals surface area contributed by atoms with Crippen LogP contribution in [-0.2, 0) is 42.9 Å². The van der Waals surface area contributed by atoms with E-state index >= 15 is 0 Å². The number of rotatable bonds is 46. The molecule has 1 fully saturated rings. The number of allylic oxidation sites excluding steroid dienone is 8. The number of esters is 3. The van der Waals surface area contributed by atoms with E-state index in [-0.39, 0.29) is 25.9 Å². The fourth-order valence-corrected chi connectivity index (χ4v) is 8.02. The van der Waals surface area contributed by atoms with Crippen LogP contribution in [0, 0.1) is 0 Å². The van der Waals surface area contributed by atoms with E-state index in [1.165, 1.54) is 57.8 Å². The van der Waals surface area contributed by atoms with Crippen LogP contribution in [0.3, 0.4) is 0 Å². The van der Waals surface area contributed by atoms with Crippen LogP contribution in [0.5, 0.6) is 0 Å². The first-order valence-corrected chi connectivity index (χ1v) is 27.6. The van der Waals surface area contributed by atoms with Crippen LogP contribution < -0.4 is 0 Å². The summed E-state index contributed by atoms with van der Waals surface area (Å²) in [6.07, 6.45) is 40.9. The lowest BCUT2D eigenvalue weighted by Crippen LogP contribution is -2.61. The molecule has 0 aromatic rings. The number of aliphatic carboxylic acids is 1. The smallest absolute Gasteiger partial charge is 0.335 e. The third-order valence-corrected chi connectivity index (χ3v) is 12.3. The first-order chi connectivity index (χ1) is 33.6. The van der Waals surface area contributed by atoms with Gasteiger partial charge in [0.15, 0.2) is 24.6 Å². The van der Waals surface area contributed by atoms with Gasteiger partial charge in [-0.3, -0.25) is 14.4 Å². The van der Waals surface area contributed by atoms with Crippen LogP contribution in [0.15, 0.2) is 48.6 Å². The molecule has 0 spiro atoms. The molecule has 0 aromatic heterocycles. The fourth-order valence-electron chi connectivity index (χ4n) is 8.02.